The maximum absolute atomic E-state index is 7.51. The zero-order chi connectivity index (χ0) is 17.2. The van der Waals surface area contributed by atoms with Gasteiger partial charge in [0.25, 0.3) is 0 Å². The molecule has 0 fully saturated rings. The molecule has 0 saturated carbocycles. The van der Waals surface area contributed by atoms with Gasteiger partial charge in [-0.2, -0.15) is 0 Å². The van der Waals surface area contributed by atoms with Crippen LogP contribution in [0.15, 0.2) is 72.8 Å². The molecule has 0 aliphatic heterocycles. The summed E-state index contributed by atoms with van der Waals surface area (Å²) >= 11 is 0. The van der Waals surface area contributed by atoms with Gasteiger partial charge >= 0.3 is 0 Å². The first-order valence-electron chi connectivity index (χ1n) is 8.42. The van der Waals surface area contributed by atoms with Crippen molar-refractivity contribution >= 4 is 0 Å². The Balaban J connectivity index is 0.00000169. The zero-order valence-corrected chi connectivity index (χ0v) is 18.6. The Hall–Kier alpha value is -1.32. The van der Waals surface area contributed by atoms with Gasteiger partial charge in [-0.3, -0.25) is 0 Å². The normalized spacial score (nSPS) is 10.6. The largest absolute Gasteiger partial charge is 0.693 e. The van der Waals surface area contributed by atoms with Gasteiger partial charge in [-0.25, -0.2) is 0 Å². The van der Waals surface area contributed by atoms with E-state index in [2.05, 4.69) is 81.4 Å². The molecule has 0 saturated heterocycles. The molecule has 3 N–H and O–H groups in total. The fourth-order valence-corrected chi connectivity index (χ4v) is 2.88. The van der Waals surface area contributed by atoms with Gasteiger partial charge in [-0.1, -0.05) is 99.1 Å². The van der Waals surface area contributed by atoms with Crippen LogP contribution >= 0.6 is 0 Å². The SMILES string of the molecule is CC(C)(C)c1ccc(-c2ccc(-c3cccc(C[NH-])c3)cc2)cc1.[NH2-].[Y]. The molecule has 0 heterocycles. The molecule has 3 aromatic carbocycles. The molecule has 3 aromatic rings. The Morgan fingerprint density at radius 3 is 1.62 bits per heavy atom. The Kier molecular flexibility index (Phi) is 8.36. The van der Waals surface area contributed by atoms with E-state index < -0.39 is 0 Å². The van der Waals surface area contributed by atoms with Crippen LogP contribution in [0, 0.1) is 0 Å². The molecule has 0 aliphatic carbocycles. The van der Waals surface area contributed by atoms with Crippen molar-refractivity contribution in [3.8, 4) is 22.3 Å². The molecular weight excluding hydrogens is 393 g/mol. The molecule has 0 spiro atoms. The van der Waals surface area contributed by atoms with E-state index in [1.807, 2.05) is 12.1 Å². The summed E-state index contributed by atoms with van der Waals surface area (Å²) in [7, 11) is 0. The van der Waals surface area contributed by atoms with E-state index in [9.17, 15) is 0 Å². The van der Waals surface area contributed by atoms with Crippen molar-refractivity contribution in [2.75, 3.05) is 0 Å². The van der Waals surface area contributed by atoms with Crippen LogP contribution in [-0.2, 0) is 44.7 Å². The number of hydrogen-bond acceptors (Lipinski definition) is 0. The third-order valence-corrected chi connectivity index (χ3v) is 4.43. The second-order valence-corrected chi connectivity index (χ2v) is 7.28. The number of nitrogens with one attached hydrogen (secondary N) is 1. The third kappa shape index (κ3) is 5.34. The molecule has 0 bridgehead atoms. The summed E-state index contributed by atoms with van der Waals surface area (Å²) in [6.07, 6.45) is 0. The average molecular weight is 419 g/mol. The van der Waals surface area contributed by atoms with Crippen molar-refractivity contribution in [3.05, 3.63) is 95.8 Å². The quantitative estimate of drug-likeness (QED) is 0.420. The van der Waals surface area contributed by atoms with Gasteiger partial charge in [0.05, 0.1) is 0 Å². The van der Waals surface area contributed by atoms with Crippen LogP contribution in [-0.4, -0.2) is 0 Å². The van der Waals surface area contributed by atoms with Gasteiger partial charge in [0.1, 0.15) is 0 Å². The van der Waals surface area contributed by atoms with Crippen LogP contribution in [0.1, 0.15) is 31.9 Å². The number of benzene rings is 3. The van der Waals surface area contributed by atoms with Gasteiger partial charge in [0, 0.05) is 32.7 Å². The number of rotatable bonds is 3. The van der Waals surface area contributed by atoms with Crippen LogP contribution in [0.25, 0.3) is 34.1 Å². The Labute approximate surface area is 182 Å². The predicted molar refractivity (Wildman–Crippen MR) is 109 cm³/mol. The van der Waals surface area contributed by atoms with Crippen molar-refractivity contribution < 1.29 is 32.7 Å². The summed E-state index contributed by atoms with van der Waals surface area (Å²) in [6, 6.07) is 25.8. The first kappa shape index (κ1) is 22.7. The van der Waals surface area contributed by atoms with E-state index in [0.717, 1.165) is 5.56 Å². The van der Waals surface area contributed by atoms with E-state index >= 15 is 0 Å². The molecule has 26 heavy (non-hydrogen) atoms. The topological polar surface area (TPSA) is 57.3 Å². The van der Waals surface area contributed by atoms with E-state index in [4.69, 9.17) is 5.73 Å². The molecule has 0 atom stereocenters. The van der Waals surface area contributed by atoms with Crippen molar-refractivity contribution in [3.63, 3.8) is 0 Å². The van der Waals surface area contributed by atoms with Gasteiger partial charge in [-0.15, -0.1) is 6.54 Å². The minimum absolute atomic E-state index is 0. The molecule has 3 heteroatoms. The van der Waals surface area contributed by atoms with E-state index in [-0.39, 0.29) is 44.3 Å². The molecule has 0 aliphatic rings. The van der Waals surface area contributed by atoms with E-state index in [1.54, 1.807) is 0 Å². The molecule has 0 unspecified atom stereocenters. The molecule has 0 amide bonds. The van der Waals surface area contributed by atoms with Crippen LogP contribution in [0.3, 0.4) is 0 Å². The standard InChI is InChI=1S/C23H24N.H2N.Y/c1-23(2,3)22-13-11-19(12-14-22)18-7-9-20(10-8-18)21-6-4-5-17(15-21)16-24;;/h4-15,24H,16H2,1-3H3;1H2;/q2*-1;. The maximum atomic E-state index is 7.51. The fourth-order valence-electron chi connectivity index (χ4n) is 2.88. The minimum atomic E-state index is 0. The van der Waals surface area contributed by atoms with Crippen molar-refractivity contribution in [1.82, 2.24) is 0 Å². The monoisotopic (exact) mass is 419 g/mol. The maximum Gasteiger partial charge on any atom is 0 e. The molecule has 1 radical (unpaired) electrons. The molecule has 133 valence electrons. The van der Waals surface area contributed by atoms with E-state index in [0.29, 0.717) is 6.54 Å². The van der Waals surface area contributed by atoms with E-state index in [1.165, 1.54) is 27.8 Å². The molecule has 2 nitrogen and oxygen atoms in total. The summed E-state index contributed by atoms with van der Waals surface area (Å²) in [6.45, 7) is 7.04. The second kappa shape index (κ2) is 9.57. The molecule has 3 rings (SSSR count). The minimum Gasteiger partial charge on any atom is -0.693 e. The van der Waals surface area contributed by atoms with Gasteiger partial charge in [0.15, 0.2) is 0 Å². The summed E-state index contributed by atoms with van der Waals surface area (Å²) in [5.74, 6) is 0. The van der Waals surface area contributed by atoms with Crippen LogP contribution in [0.2, 0.25) is 0 Å². The Morgan fingerprint density at radius 1 is 0.692 bits per heavy atom. The zero-order valence-electron chi connectivity index (χ0n) is 15.8. The van der Waals surface area contributed by atoms with Gasteiger partial charge < -0.3 is 11.9 Å². The van der Waals surface area contributed by atoms with Crippen LogP contribution in [0.5, 0.6) is 0 Å². The van der Waals surface area contributed by atoms with Gasteiger partial charge in [-0.05, 0) is 33.2 Å². The summed E-state index contributed by atoms with van der Waals surface area (Å²) in [5.41, 5.74) is 15.0. The summed E-state index contributed by atoms with van der Waals surface area (Å²) in [5, 5.41) is 0. The first-order valence-corrected chi connectivity index (χ1v) is 8.42. The second-order valence-electron chi connectivity index (χ2n) is 7.28. The first-order chi connectivity index (χ1) is 11.5. The molecular formula is C23H26N2Y-2. The van der Waals surface area contributed by atoms with Crippen LogP contribution in [0.4, 0.5) is 0 Å². The van der Waals surface area contributed by atoms with Crippen LogP contribution < -0.4 is 0 Å². The third-order valence-electron chi connectivity index (χ3n) is 4.43. The summed E-state index contributed by atoms with van der Waals surface area (Å²) < 4.78 is 0. The smallest absolute Gasteiger partial charge is 0 e. The average Bonchev–Trinajstić information content (AvgIpc) is 2.61. The van der Waals surface area contributed by atoms with Crippen molar-refractivity contribution in [2.24, 2.45) is 0 Å². The summed E-state index contributed by atoms with van der Waals surface area (Å²) in [4.78, 5) is 0. The Bertz CT molecular complexity index is 816. The van der Waals surface area contributed by atoms with Crippen molar-refractivity contribution in [2.45, 2.75) is 32.7 Å². The van der Waals surface area contributed by atoms with Gasteiger partial charge in [0.2, 0.25) is 0 Å². The van der Waals surface area contributed by atoms with Crippen molar-refractivity contribution in [1.29, 1.82) is 0 Å². The fraction of sp³-hybridized carbons (Fsp3) is 0.217. The Morgan fingerprint density at radius 2 is 1.15 bits per heavy atom. The predicted octanol–water partition coefficient (Wildman–Crippen LogP) is 7.58. The molecule has 0 aromatic heterocycles. The number of nitrogens with two attached hydrogens (primary N) is 1. The number of hydrogen-bond donors (Lipinski definition) is 0.